The summed E-state index contributed by atoms with van der Waals surface area (Å²) in [4.78, 5) is 19.2. The molecule has 11 heteroatoms. The van der Waals surface area contributed by atoms with Gasteiger partial charge in [0.15, 0.2) is 11.5 Å². The van der Waals surface area contributed by atoms with Crippen LogP contribution in [-0.4, -0.2) is 60.9 Å². The van der Waals surface area contributed by atoms with Crippen LogP contribution in [0.25, 0.3) is 27.8 Å². The molecule has 2 aromatic carbocycles. The van der Waals surface area contributed by atoms with E-state index in [-0.39, 0.29) is 0 Å². The maximum atomic E-state index is 5.20. The van der Waals surface area contributed by atoms with Crippen molar-refractivity contribution in [3.8, 4) is 11.3 Å². The molecule has 3 N–H and O–H groups in total. The van der Waals surface area contributed by atoms with Crippen LogP contribution in [0.4, 0.5) is 17.2 Å². The number of hydrogen-bond donors (Lipinski definition) is 3. The summed E-state index contributed by atoms with van der Waals surface area (Å²) in [5.41, 5.74) is 8.45. The Labute approximate surface area is 212 Å². The van der Waals surface area contributed by atoms with E-state index in [9.17, 15) is 0 Å². The van der Waals surface area contributed by atoms with Crippen molar-refractivity contribution >= 4 is 33.7 Å². The SMILES string of the molecule is C1=CONC(N2CCN(c3ccc(Nc4nc(-c5ccc6cn[nH]c6c5)cn5ncnc45)cc3)CC2)=C1. The molecule has 184 valence electrons. The normalized spacial score (nSPS) is 15.5. The highest BCUT2D eigenvalue weighted by Crippen LogP contribution is 2.27. The molecule has 0 radical (unpaired) electrons. The Bertz CT molecular complexity index is 1630. The molecule has 0 spiro atoms. The fraction of sp³-hybridized carbons (Fsp3) is 0.154. The average Bonchev–Trinajstić information content (AvgIpc) is 3.63. The highest BCUT2D eigenvalue weighted by molar-refractivity contribution is 5.83. The molecule has 1 fully saturated rings. The molecule has 0 atom stereocenters. The third kappa shape index (κ3) is 4.05. The number of fused-ring (bicyclic) bond motifs is 2. The van der Waals surface area contributed by atoms with E-state index in [0.717, 1.165) is 59.8 Å². The molecular formula is C26H24N10O. The van der Waals surface area contributed by atoms with Crippen molar-refractivity contribution in [2.24, 2.45) is 0 Å². The molecule has 7 rings (SSSR count). The van der Waals surface area contributed by atoms with Crippen molar-refractivity contribution in [1.82, 2.24) is 40.2 Å². The average molecular weight is 493 g/mol. The lowest BCUT2D eigenvalue weighted by molar-refractivity contribution is 0.116. The number of aromatic nitrogens is 6. The predicted molar refractivity (Wildman–Crippen MR) is 141 cm³/mol. The van der Waals surface area contributed by atoms with Crippen molar-refractivity contribution in [3.05, 3.63) is 85.4 Å². The molecule has 0 amide bonds. The van der Waals surface area contributed by atoms with Crippen LogP contribution in [0.2, 0.25) is 0 Å². The number of allylic oxidation sites excluding steroid dienone is 2. The van der Waals surface area contributed by atoms with Crippen molar-refractivity contribution in [2.75, 3.05) is 36.4 Å². The standard InChI is InChI=1S/C26H24N10O/c1-2-24(33-37-13-1)35-11-9-34(10-12-35)21-7-5-20(6-8-21)30-25-26-27-17-29-36(26)16-23(31-25)18-3-4-19-15-28-32-22(19)14-18/h1-8,13-17,33H,9-12H2,(H,28,32)(H,30,31). The largest absolute Gasteiger partial charge is 0.389 e. The molecular weight excluding hydrogens is 468 g/mol. The van der Waals surface area contributed by atoms with Gasteiger partial charge in [0.25, 0.3) is 0 Å². The number of rotatable bonds is 5. The Hall–Kier alpha value is -5.06. The third-order valence-corrected chi connectivity index (χ3v) is 6.68. The van der Waals surface area contributed by atoms with E-state index in [1.54, 1.807) is 10.8 Å². The van der Waals surface area contributed by atoms with E-state index >= 15 is 0 Å². The summed E-state index contributed by atoms with van der Waals surface area (Å²) in [6, 6.07) is 14.5. The first-order valence-corrected chi connectivity index (χ1v) is 12.1. The Kier molecular flexibility index (Phi) is 5.09. The molecule has 5 aromatic rings. The second-order valence-electron chi connectivity index (χ2n) is 8.92. The minimum atomic E-state index is 0.644. The molecule has 3 aromatic heterocycles. The van der Waals surface area contributed by atoms with Gasteiger partial charge in [0.1, 0.15) is 18.4 Å². The van der Waals surface area contributed by atoms with E-state index < -0.39 is 0 Å². The molecule has 2 aliphatic rings. The number of H-pyrrole nitrogens is 1. The molecule has 5 heterocycles. The first-order chi connectivity index (χ1) is 18.3. The lowest BCUT2D eigenvalue weighted by atomic mass is 10.1. The van der Waals surface area contributed by atoms with Crippen LogP contribution in [0.5, 0.6) is 0 Å². The summed E-state index contributed by atoms with van der Waals surface area (Å²) < 4.78 is 1.74. The highest BCUT2D eigenvalue weighted by Gasteiger charge is 2.20. The Morgan fingerprint density at radius 3 is 2.68 bits per heavy atom. The van der Waals surface area contributed by atoms with Crippen LogP contribution in [0.3, 0.4) is 0 Å². The first-order valence-electron chi connectivity index (χ1n) is 12.1. The molecule has 0 aliphatic carbocycles. The lowest BCUT2D eigenvalue weighted by Gasteiger charge is -2.38. The van der Waals surface area contributed by atoms with Gasteiger partial charge >= 0.3 is 0 Å². The van der Waals surface area contributed by atoms with Gasteiger partial charge in [-0.3, -0.25) is 5.10 Å². The van der Waals surface area contributed by atoms with E-state index in [2.05, 4.69) is 65.1 Å². The van der Waals surface area contributed by atoms with Gasteiger partial charge in [-0.15, -0.1) is 0 Å². The fourth-order valence-corrected chi connectivity index (χ4v) is 4.71. The van der Waals surface area contributed by atoms with Gasteiger partial charge in [0.05, 0.1) is 23.6 Å². The van der Waals surface area contributed by atoms with E-state index in [1.165, 1.54) is 12.0 Å². The number of aromatic amines is 1. The van der Waals surface area contributed by atoms with Crippen LogP contribution in [0, 0.1) is 0 Å². The van der Waals surface area contributed by atoms with Crippen LogP contribution in [-0.2, 0) is 4.84 Å². The molecule has 0 saturated carbocycles. The third-order valence-electron chi connectivity index (χ3n) is 6.68. The predicted octanol–water partition coefficient (Wildman–Crippen LogP) is 3.42. The Morgan fingerprint density at radius 2 is 1.84 bits per heavy atom. The number of hydrogen-bond acceptors (Lipinski definition) is 9. The van der Waals surface area contributed by atoms with Gasteiger partial charge < -0.3 is 20.0 Å². The Balaban J connectivity index is 1.10. The zero-order valence-corrected chi connectivity index (χ0v) is 19.9. The van der Waals surface area contributed by atoms with Crippen molar-refractivity contribution in [1.29, 1.82) is 0 Å². The first kappa shape index (κ1) is 21.2. The molecule has 11 nitrogen and oxygen atoms in total. The van der Waals surface area contributed by atoms with E-state index in [0.29, 0.717) is 11.5 Å². The minimum Gasteiger partial charge on any atom is -0.389 e. The van der Waals surface area contributed by atoms with Crippen molar-refractivity contribution < 1.29 is 4.84 Å². The van der Waals surface area contributed by atoms with E-state index in [1.807, 2.05) is 42.7 Å². The smallest absolute Gasteiger partial charge is 0.198 e. The quantitative estimate of drug-likeness (QED) is 0.340. The molecule has 37 heavy (non-hydrogen) atoms. The van der Waals surface area contributed by atoms with Gasteiger partial charge in [-0.1, -0.05) is 12.1 Å². The van der Waals surface area contributed by atoms with Gasteiger partial charge in [0.2, 0.25) is 0 Å². The van der Waals surface area contributed by atoms with E-state index in [4.69, 9.17) is 9.82 Å². The summed E-state index contributed by atoms with van der Waals surface area (Å²) >= 11 is 0. The Morgan fingerprint density at radius 1 is 0.973 bits per heavy atom. The molecule has 2 aliphatic heterocycles. The number of piperazine rings is 1. The number of hydroxylamine groups is 1. The van der Waals surface area contributed by atoms with Gasteiger partial charge in [-0.25, -0.2) is 20.0 Å². The zero-order chi connectivity index (χ0) is 24.6. The zero-order valence-electron chi connectivity index (χ0n) is 19.9. The summed E-state index contributed by atoms with van der Waals surface area (Å²) in [5, 5.41) is 16.0. The van der Waals surface area contributed by atoms with Gasteiger partial charge in [-0.2, -0.15) is 10.2 Å². The van der Waals surface area contributed by atoms with Crippen LogP contribution >= 0.6 is 0 Å². The molecule has 0 bridgehead atoms. The minimum absolute atomic E-state index is 0.644. The van der Waals surface area contributed by atoms with Crippen LogP contribution in [0.1, 0.15) is 0 Å². The second kappa shape index (κ2) is 8.86. The van der Waals surface area contributed by atoms with Crippen LogP contribution < -0.4 is 15.7 Å². The number of nitrogens with zero attached hydrogens (tertiary/aromatic N) is 7. The topological polar surface area (TPSA) is 112 Å². The summed E-state index contributed by atoms with van der Waals surface area (Å²) in [6.07, 6.45) is 10.8. The number of anilines is 3. The highest BCUT2D eigenvalue weighted by atomic mass is 16.6. The van der Waals surface area contributed by atoms with Crippen molar-refractivity contribution in [2.45, 2.75) is 0 Å². The summed E-state index contributed by atoms with van der Waals surface area (Å²) in [5.74, 6) is 1.64. The van der Waals surface area contributed by atoms with Gasteiger partial charge in [-0.05, 0) is 42.5 Å². The summed E-state index contributed by atoms with van der Waals surface area (Å²) in [7, 11) is 0. The second-order valence-corrected chi connectivity index (χ2v) is 8.92. The summed E-state index contributed by atoms with van der Waals surface area (Å²) in [6.45, 7) is 3.70. The molecule has 0 unspecified atom stereocenters. The number of nitrogens with one attached hydrogen (secondary N) is 3. The number of benzene rings is 2. The monoisotopic (exact) mass is 492 g/mol. The maximum Gasteiger partial charge on any atom is 0.198 e. The molecule has 1 saturated heterocycles. The van der Waals surface area contributed by atoms with Gasteiger partial charge in [0, 0.05) is 48.5 Å². The maximum absolute atomic E-state index is 5.20. The van der Waals surface area contributed by atoms with Crippen molar-refractivity contribution in [3.63, 3.8) is 0 Å². The fourth-order valence-electron chi connectivity index (χ4n) is 4.71. The lowest BCUT2D eigenvalue weighted by Crippen LogP contribution is -2.48. The van der Waals surface area contributed by atoms with Crippen LogP contribution in [0.15, 0.2) is 85.4 Å².